The van der Waals surface area contributed by atoms with Gasteiger partial charge in [-0.25, -0.2) is 4.98 Å². The number of para-hydroxylation sites is 2. The Morgan fingerprint density at radius 1 is 1.42 bits per heavy atom. The summed E-state index contributed by atoms with van der Waals surface area (Å²) in [6.07, 6.45) is 2.41. The molecule has 1 fully saturated rings. The average molecular weight is 259 g/mol. The summed E-state index contributed by atoms with van der Waals surface area (Å²) in [5.41, 5.74) is 2.30. The summed E-state index contributed by atoms with van der Waals surface area (Å²) in [5.74, 6) is 1.17. The fourth-order valence-electron chi connectivity index (χ4n) is 2.80. The molecule has 4 heteroatoms. The second-order valence-corrected chi connectivity index (χ2v) is 4.96. The van der Waals surface area contributed by atoms with Gasteiger partial charge in [-0.2, -0.15) is 0 Å². The van der Waals surface area contributed by atoms with Crippen LogP contribution in [-0.4, -0.2) is 29.3 Å². The summed E-state index contributed by atoms with van der Waals surface area (Å²) in [5, 5.41) is 3.54. The smallest absolute Gasteiger partial charge is 0.127 e. The highest BCUT2D eigenvalue weighted by Gasteiger charge is 2.22. The third-order valence-electron chi connectivity index (χ3n) is 3.72. The van der Waals surface area contributed by atoms with Crippen LogP contribution in [0, 0.1) is 0 Å². The van der Waals surface area contributed by atoms with E-state index in [1.807, 2.05) is 13.0 Å². The molecule has 2 heterocycles. The van der Waals surface area contributed by atoms with Gasteiger partial charge in [-0.05, 0) is 38.4 Å². The first-order valence-corrected chi connectivity index (χ1v) is 7.16. The van der Waals surface area contributed by atoms with E-state index in [1.165, 1.54) is 24.2 Å². The van der Waals surface area contributed by atoms with Crippen LogP contribution in [0.1, 0.15) is 31.6 Å². The number of hydrogen-bond acceptors (Lipinski definition) is 3. The molecule has 1 atom stereocenters. The lowest BCUT2D eigenvalue weighted by molar-refractivity contribution is 0.139. The highest BCUT2D eigenvalue weighted by Crippen LogP contribution is 2.26. The summed E-state index contributed by atoms with van der Waals surface area (Å²) < 4.78 is 7.82. The number of nitrogens with zero attached hydrogens (tertiary/aromatic N) is 2. The number of nitrogens with one attached hydrogen (secondary N) is 1. The normalized spacial score (nSPS) is 19.3. The minimum atomic E-state index is 0.397. The van der Waals surface area contributed by atoms with Gasteiger partial charge in [0.15, 0.2) is 0 Å². The number of fused-ring (bicyclic) bond motifs is 1. The second-order valence-electron chi connectivity index (χ2n) is 4.96. The van der Waals surface area contributed by atoms with Crippen molar-refractivity contribution < 1.29 is 4.74 Å². The SMILES string of the molecule is CCOCCn1c(C2CCCN2)nc2ccccc21. The van der Waals surface area contributed by atoms with Crippen LogP contribution in [0.2, 0.25) is 0 Å². The van der Waals surface area contributed by atoms with E-state index in [4.69, 9.17) is 9.72 Å². The minimum absolute atomic E-state index is 0.397. The number of ether oxygens (including phenoxy) is 1. The molecule has 19 heavy (non-hydrogen) atoms. The van der Waals surface area contributed by atoms with E-state index in [0.29, 0.717) is 6.04 Å². The molecule has 1 aliphatic heterocycles. The maximum absolute atomic E-state index is 5.50. The molecular formula is C15H21N3O. The Kier molecular flexibility index (Phi) is 3.80. The van der Waals surface area contributed by atoms with Crippen LogP contribution < -0.4 is 5.32 Å². The maximum atomic E-state index is 5.50. The maximum Gasteiger partial charge on any atom is 0.127 e. The summed E-state index contributed by atoms with van der Waals surface area (Å²) >= 11 is 0. The van der Waals surface area contributed by atoms with E-state index >= 15 is 0 Å². The Balaban J connectivity index is 1.95. The van der Waals surface area contributed by atoms with Crippen molar-refractivity contribution in [1.82, 2.24) is 14.9 Å². The van der Waals surface area contributed by atoms with E-state index < -0.39 is 0 Å². The van der Waals surface area contributed by atoms with Crippen molar-refractivity contribution >= 4 is 11.0 Å². The lowest BCUT2D eigenvalue weighted by atomic mass is 10.2. The Morgan fingerprint density at radius 2 is 2.32 bits per heavy atom. The van der Waals surface area contributed by atoms with Crippen LogP contribution in [0.4, 0.5) is 0 Å². The van der Waals surface area contributed by atoms with Crippen molar-refractivity contribution in [3.05, 3.63) is 30.1 Å². The van der Waals surface area contributed by atoms with Crippen molar-refractivity contribution in [2.75, 3.05) is 19.8 Å². The molecule has 1 saturated heterocycles. The van der Waals surface area contributed by atoms with E-state index in [0.717, 1.165) is 31.8 Å². The van der Waals surface area contributed by atoms with E-state index in [9.17, 15) is 0 Å². The lowest BCUT2D eigenvalue weighted by Gasteiger charge is -2.14. The number of hydrogen-bond donors (Lipinski definition) is 1. The Hall–Kier alpha value is -1.39. The van der Waals surface area contributed by atoms with Crippen molar-refractivity contribution in [3.63, 3.8) is 0 Å². The Morgan fingerprint density at radius 3 is 3.11 bits per heavy atom. The van der Waals surface area contributed by atoms with Gasteiger partial charge in [-0.15, -0.1) is 0 Å². The lowest BCUT2D eigenvalue weighted by Crippen LogP contribution is -2.19. The molecule has 0 bridgehead atoms. The molecule has 1 aromatic carbocycles. The standard InChI is InChI=1S/C15H21N3O/c1-2-19-11-10-18-14-8-4-3-6-12(14)17-15(18)13-7-5-9-16-13/h3-4,6,8,13,16H,2,5,7,9-11H2,1H3. The molecule has 1 aliphatic rings. The zero-order chi connectivity index (χ0) is 13.1. The highest BCUT2D eigenvalue weighted by molar-refractivity contribution is 5.76. The average Bonchev–Trinajstić information content (AvgIpc) is 3.06. The molecule has 1 N–H and O–H groups in total. The van der Waals surface area contributed by atoms with Crippen LogP contribution in [0.25, 0.3) is 11.0 Å². The van der Waals surface area contributed by atoms with Crippen LogP contribution in [0.3, 0.4) is 0 Å². The van der Waals surface area contributed by atoms with E-state index in [1.54, 1.807) is 0 Å². The fourth-order valence-corrected chi connectivity index (χ4v) is 2.80. The topological polar surface area (TPSA) is 39.1 Å². The molecule has 0 amide bonds. The summed E-state index contributed by atoms with van der Waals surface area (Å²) in [7, 11) is 0. The van der Waals surface area contributed by atoms with Gasteiger partial charge in [0.1, 0.15) is 5.82 Å². The molecule has 102 valence electrons. The summed E-state index contributed by atoms with van der Waals surface area (Å²) in [4.78, 5) is 4.82. The molecule has 0 spiro atoms. The van der Waals surface area contributed by atoms with Crippen molar-refractivity contribution in [2.24, 2.45) is 0 Å². The molecule has 1 unspecified atom stereocenters. The van der Waals surface area contributed by atoms with Crippen molar-refractivity contribution in [2.45, 2.75) is 32.4 Å². The van der Waals surface area contributed by atoms with Gasteiger partial charge in [0.2, 0.25) is 0 Å². The number of aromatic nitrogens is 2. The first kappa shape index (κ1) is 12.6. The minimum Gasteiger partial charge on any atom is -0.380 e. The number of benzene rings is 1. The van der Waals surface area contributed by atoms with Crippen LogP contribution >= 0.6 is 0 Å². The third-order valence-corrected chi connectivity index (χ3v) is 3.72. The first-order valence-electron chi connectivity index (χ1n) is 7.16. The Labute approximate surface area is 113 Å². The monoisotopic (exact) mass is 259 g/mol. The Bertz CT molecular complexity index is 543. The zero-order valence-corrected chi connectivity index (χ0v) is 11.4. The van der Waals surface area contributed by atoms with Crippen LogP contribution in [0.5, 0.6) is 0 Å². The zero-order valence-electron chi connectivity index (χ0n) is 11.4. The molecule has 3 rings (SSSR count). The molecule has 4 nitrogen and oxygen atoms in total. The van der Waals surface area contributed by atoms with Gasteiger partial charge < -0.3 is 14.6 Å². The molecule has 1 aromatic heterocycles. The predicted octanol–water partition coefficient (Wildman–Crippen LogP) is 2.50. The van der Waals surface area contributed by atoms with Gasteiger partial charge in [-0.1, -0.05) is 12.1 Å². The largest absolute Gasteiger partial charge is 0.380 e. The van der Waals surface area contributed by atoms with Gasteiger partial charge in [0.05, 0.1) is 23.7 Å². The van der Waals surface area contributed by atoms with Crippen LogP contribution in [-0.2, 0) is 11.3 Å². The quantitative estimate of drug-likeness (QED) is 0.839. The fraction of sp³-hybridized carbons (Fsp3) is 0.533. The van der Waals surface area contributed by atoms with Gasteiger partial charge >= 0.3 is 0 Å². The highest BCUT2D eigenvalue weighted by atomic mass is 16.5. The van der Waals surface area contributed by atoms with E-state index in [-0.39, 0.29) is 0 Å². The van der Waals surface area contributed by atoms with Crippen LogP contribution in [0.15, 0.2) is 24.3 Å². The molecule has 2 aromatic rings. The molecule has 0 saturated carbocycles. The van der Waals surface area contributed by atoms with Crippen molar-refractivity contribution in [3.8, 4) is 0 Å². The molecular weight excluding hydrogens is 238 g/mol. The molecule has 0 radical (unpaired) electrons. The summed E-state index contributed by atoms with van der Waals surface area (Å²) in [6, 6.07) is 8.76. The van der Waals surface area contributed by atoms with Gasteiger partial charge in [0, 0.05) is 13.2 Å². The number of imidazole rings is 1. The third kappa shape index (κ3) is 2.51. The molecule has 0 aliphatic carbocycles. The van der Waals surface area contributed by atoms with Crippen molar-refractivity contribution in [1.29, 1.82) is 0 Å². The predicted molar refractivity (Wildman–Crippen MR) is 76.2 cm³/mol. The first-order chi connectivity index (χ1) is 9.40. The van der Waals surface area contributed by atoms with E-state index in [2.05, 4.69) is 28.1 Å². The van der Waals surface area contributed by atoms with Gasteiger partial charge in [0.25, 0.3) is 0 Å². The summed E-state index contributed by atoms with van der Waals surface area (Å²) in [6.45, 7) is 5.52. The second kappa shape index (κ2) is 5.72. The van der Waals surface area contributed by atoms with Gasteiger partial charge in [-0.3, -0.25) is 0 Å². The number of rotatable bonds is 5.